The summed E-state index contributed by atoms with van der Waals surface area (Å²) in [6.07, 6.45) is 0. The largest absolute Gasteiger partial charge is 0.479 e. The van der Waals surface area contributed by atoms with E-state index in [0.717, 1.165) is 5.56 Å². The lowest BCUT2D eigenvalue weighted by atomic mass is 9.90. The van der Waals surface area contributed by atoms with E-state index in [4.69, 9.17) is 22.1 Å². The number of aliphatic carboxylic acids is 1. The van der Waals surface area contributed by atoms with Crippen molar-refractivity contribution >= 4 is 23.5 Å². The number of nitrogens with two attached hydrogens (primary N) is 1. The first kappa shape index (κ1) is 16.5. The Morgan fingerprint density at radius 3 is 2.25 bits per heavy atom. The molecule has 0 heterocycles. The van der Waals surface area contributed by atoms with Gasteiger partial charge in [0.2, 0.25) is 5.54 Å². The summed E-state index contributed by atoms with van der Waals surface area (Å²) in [5.74, 6) is -2.52. The van der Waals surface area contributed by atoms with Crippen molar-refractivity contribution in [3.8, 4) is 0 Å². The number of aryl methyl sites for hydroxylation is 1. The Morgan fingerprint density at radius 1 is 1.30 bits per heavy atom. The van der Waals surface area contributed by atoms with Crippen molar-refractivity contribution in [3.63, 3.8) is 0 Å². The van der Waals surface area contributed by atoms with Crippen LogP contribution in [0.5, 0.6) is 0 Å². The topological polar surface area (TPSA) is 89.6 Å². The molecule has 0 saturated heterocycles. The molecule has 0 saturated carbocycles. The van der Waals surface area contributed by atoms with Crippen LogP contribution in [0.3, 0.4) is 0 Å². The predicted molar refractivity (Wildman–Crippen MR) is 75.5 cm³/mol. The molecular weight excluding hydrogens is 282 g/mol. The summed E-state index contributed by atoms with van der Waals surface area (Å²) in [4.78, 5) is 23.6. The van der Waals surface area contributed by atoms with Gasteiger partial charge in [-0.1, -0.05) is 23.7 Å². The lowest BCUT2D eigenvalue weighted by Crippen LogP contribution is -2.54. The van der Waals surface area contributed by atoms with Crippen molar-refractivity contribution in [2.45, 2.75) is 38.8 Å². The third kappa shape index (κ3) is 3.29. The second-order valence-electron chi connectivity index (χ2n) is 5.58. The van der Waals surface area contributed by atoms with Crippen LogP contribution in [0.4, 0.5) is 0 Å². The second kappa shape index (κ2) is 5.42. The maximum Gasteiger partial charge on any atom is 0.343 e. The number of ether oxygens (including phenoxy) is 1. The second-order valence-corrected chi connectivity index (χ2v) is 5.99. The first-order chi connectivity index (χ1) is 8.98. The molecule has 1 aromatic rings. The van der Waals surface area contributed by atoms with Gasteiger partial charge in [-0.2, -0.15) is 0 Å². The van der Waals surface area contributed by atoms with Gasteiger partial charge in [0.05, 0.1) is 0 Å². The quantitative estimate of drug-likeness (QED) is 0.660. The molecule has 0 aliphatic rings. The van der Waals surface area contributed by atoms with Gasteiger partial charge in [-0.05, 0) is 44.9 Å². The summed E-state index contributed by atoms with van der Waals surface area (Å²) < 4.78 is 5.10. The van der Waals surface area contributed by atoms with Crippen LogP contribution in [0, 0.1) is 6.92 Å². The van der Waals surface area contributed by atoms with E-state index in [0.29, 0.717) is 5.02 Å². The summed E-state index contributed by atoms with van der Waals surface area (Å²) in [7, 11) is 0. The molecule has 0 aliphatic heterocycles. The fourth-order valence-electron chi connectivity index (χ4n) is 1.53. The average Bonchev–Trinajstić information content (AvgIpc) is 2.29. The van der Waals surface area contributed by atoms with E-state index in [1.54, 1.807) is 33.8 Å². The van der Waals surface area contributed by atoms with Crippen LogP contribution >= 0.6 is 11.6 Å². The summed E-state index contributed by atoms with van der Waals surface area (Å²) in [6, 6.07) is 4.43. The van der Waals surface area contributed by atoms with E-state index in [2.05, 4.69) is 0 Å². The number of benzene rings is 1. The Hall–Kier alpha value is -1.59. The Bertz CT molecular complexity index is 551. The Kier molecular flexibility index (Phi) is 4.46. The molecule has 3 N–H and O–H groups in total. The predicted octanol–water partition coefficient (Wildman–Crippen LogP) is 2.23. The van der Waals surface area contributed by atoms with Crippen LogP contribution in [0.2, 0.25) is 5.02 Å². The number of hydrogen-bond acceptors (Lipinski definition) is 4. The lowest BCUT2D eigenvalue weighted by molar-refractivity contribution is -0.169. The standard InChI is InChI=1S/C14H18ClNO4/c1-8-5-6-9(7-10(8)15)14(16,11(17)18)12(19)20-13(2,3)4/h5-7H,16H2,1-4H3,(H,17,18). The summed E-state index contributed by atoms with van der Waals surface area (Å²) >= 11 is 5.96. The molecule has 1 atom stereocenters. The molecule has 0 radical (unpaired) electrons. The number of hydrogen-bond donors (Lipinski definition) is 2. The first-order valence-corrected chi connectivity index (χ1v) is 6.38. The number of esters is 1. The maximum atomic E-state index is 12.1. The van der Waals surface area contributed by atoms with Crippen molar-refractivity contribution in [3.05, 3.63) is 34.3 Å². The van der Waals surface area contributed by atoms with E-state index in [9.17, 15) is 14.7 Å². The zero-order valence-electron chi connectivity index (χ0n) is 11.9. The number of carboxylic acids is 1. The molecule has 0 bridgehead atoms. The zero-order chi connectivity index (χ0) is 15.7. The monoisotopic (exact) mass is 299 g/mol. The van der Waals surface area contributed by atoms with Gasteiger partial charge in [-0.3, -0.25) is 0 Å². The van der Waals surface area contributed by atoms with Gasteiger partial charge in [-0.15, -0.1) is 0 Å². The molecular formula is C14H18ClNO4. The number of rotatable bonds is 3. The molecule has 1 aromatic carbocycles. The van der Waals surface area contributed by atoms with E-state index < -0.39 is 23.1 Å². The van der Waals surface area contributed by atoms with Gasteiger partial charge < -0.3 is 15.6 Å². The van der Waals surface area contributed by atoms with E-state index in [1.807, 2.05) is 0 Å². The number of carbonyl (C=O) groups excluding carboxylic acids is 1. The Labute approximate surface area is 122 Å². The summed E-state index contributed by atoms with van der Waals surface area (Å²) in [6.45, 7) is 6.67. The van der Waals surface area contributed by atoms with Crippen LogP contribution in [0.15, 0.2) is 18.2 Å². The zero-order valence-corrected chi connectivity index (χ0v) is 12.6. The van der Waals surface area contributed by atoms with Crippen LogP contribution in [0.25, 0.3) is 0 Å². The van der Waals surface area contributed by atoms with Crippen LogP contribution in [-0.4, -0.2) is 22.6 Å². The molecule has 6 heteroatoms. The molecule has 1 rings (SSSR count). The van der Waals surface area contributed by atoms with Gasteiger partial charge in [0, 0.05) is 5.02 Å². The lowest BCUT2D eigenvalue weighted by Gasteiger charge is -2.28. The summed E-state index contributed by atoms with van der Waals surface area (Å²) in [5.41, 5.74) is 3.51. The third-order valence-electron chi connectivity index (χ3n) is 2.69. The van der Waals surface area contributed by atoms with Crippen LogP contribution in [0.1, 0.15) is 31.9 Å². The fourth-order valence-corrected chi connectivity index (χ4v) is 1.71. The van der Waals surface area contributed by atoms with Gasteiger partial charge in [0.25, 0.3) is 0 Å². The number of carboxylic acid groups (broad SMARTS) is 1. The van der Waals surface area contributed by atoms with E-state index in [1.165, 1.54) is 12.1 Å². The van der Waals surface area contributed by atoms with Gasteiger partial charge >= 0.3 is 11.9 Å². The molecule has 0 aromatic heterocycles. The van der Waals surface area contributed by atoms with Crippen molar-refractivity contribution in [1.82, 2.24) is 0 Å². The number of halogens is 1. The van der Waals surface area contributed by atoms with E-state index >= 15 is 0 Å². The minimum Gasteiger partial charge on any atom is -0.479 e. The molecule has 0 amide bonds. The van der Waals surface area contributed by atoms with E-state index in [-0.39, 0.29) is 5.56 Å². The first-order valence-electron chi connectivity index (χ1n) is 6.01. The van der Waals surface area contributed by atoms with Crippen molar-refractivity contribution in [2.24, 2.45) is 5.73 Å². The average molecular weight is 300 g/mol. The van der Waals surface area contributed by atoms with Crippen molar-refractivity contribution < 1.29 is 19.4 Å². The smallest absolute Gasteiger partial charge is 0.343 e. The molecule has 110 valence electrons. The Balaban J connectivity index is 3.31. The minimum atomic E-state index is -2.29. The molecule has 0 spiro atoms. The third-order valence-corrected chi connectivity index (χ3v) is 3.09. The molecule has 1 unspecified atom stereocenters. The SMILES string of the molecule is Cc1ccc(C(N)(C(=O)O)C(=O)OC(C)(C)C)cc1Cl. The van der Waals surface area contributed by atoms with Gasteiger partial charge in [0.1, 0.15) is 5.60 Å². The highest BCUT2D eigenvalue weighted by molar-refractivity contribution is 6.31. The normalized spacial score (nSPS) is 14.5. The number of carbonyl (C=O) groups is 2. The van der Waals surface area contributed by atoms with Gasteiger partial charge in [0.15, 0.2) is 0 Å². The highest BCUT2D eigenvalue weighted by Gasteiger charge is 2.47. The molecule has 0 aliphatic carbocycles. The van der Waals surface area contributed by atoms with Crippen molar-refractivity contribution in [1.29, 1.82) is 0 Å². The van der Waals surface area contributed by atoms with Crippen molar-refractivity contribution in [2.75, 3.05) is 0 Å². The summed E-state index contributed by atoms with van der Waals surface area (Å²) in [5, 5.41) is 9.68. The highest BCUT2D eigenvalue weighted by Crippen LogP contribution is 2.27. The molecule has 20 heavy (non-hydrogen) atoms. The highest BCUT2D eigenvalue weighted by atomic mass is 35.5. The van der Waals surface area contributed by atoms with Crippen LogP contribution in [-0.2, 0) is 19.9 Å². The minimum absolute atomic E-state index is 0.0786. The van der Waals surface area contributed by atoms with Gasteiger partial charge in [-0.25, -0.2) is 9.59 Å². The van der Waals surface area contributed by atoms with Crippen LogP contribution < -0.4 is 5.73 Å². The molecule has 5 nitrogen and oxygen atoms in total. The molecule has 0 fully saturated rings. The fraction of sp³-hybridized carbons (Fsp3) is 0.429. The maximum absolute atomic E-state index is 12.1. The Morgan fingerprint density at radius 2 is 1.85 bits per heavy atom.